The zero-order valence-corrected chi connectivity index (χ0v) is 13.0. The fourth-order valence-electron chi connectivity index (χ4n) is 3.26. The van der Waals surface area contributed by atoms with Gasteiger partial charge in [-0.25, -0.2) is 0 Å². The van der Waals surface area contributed by atoms with Gasteiger partial charge in [0.05, 0.1) is 6.10 Å². The number of aliphatic hydroxyl groups is 1. The van der Waals surface area contributed by atoms with Crippen molar-refractivity contribution >= 4 is 0 Å². The average molecular weight is 274 g/mol. The highest BCUT2D eigenvalue weighted by Crippen LogP contribution is 2.27. The Morgan fingerprint density at radius 1 is 0.950 bits per heavy atom. The van der Waals surface area contributed by atoms with Crippen molar-refractivity contribution < 1.29 is 5.11 Å². The molecule has 0 aromatic heterocycles. The van der Waals surface area contributed by atoms with E-state index in [0.717, 1.165) is 18.4 Å². The third kappa shape index (κ3) is 4.63. The summed E-state index contributed by atoms with van der Waals surface area (Å²) in [6, 6.07) is 6.61. The highest BCUT2D eigenvalue weighted by atomic mass is 16.3. The fraction of sp³-hybridized carbons (Fsp3) is 0.684. The minimum atomic E-state index is -0.253. The normalized spacial score (nSPS) is 15.3. The maximum atomic E-state index is 10.3. The van der Waals surface area contributed by atoms with E-state index in [1.807, 2.05) is 0 Å². The lowest BCUT2D eigenvalue weighted by molar-refractivity contribution is 0.163. The monoisotopic (exact) mass is 274 g/mol. The summed E-state index contributed by atoms with van der Waals surface area (Å²) in [6.45, 7) is 2.26. The highest BCUT2D eigenvalue weighted by Gasteiger charge is 2.14. The maximum absolute atomic E-state index is 10.3. The number of hydrogen-bond donors (Lipinski definition) is 1. The second-order valence-corrected chi connectivity index (χ2v) is 6.31. The first-order valence-corrected chi connectivity index (χ1v) is 8.61. The molecule has 0 heterocycles. The standard InChI is InChI=1S/C19H30O/c1-2-3-4-5-6-7-8-12-19(20)18-14-13-16-10-9-11-17(16)15-18/h13-15,19-20H,2-12H2,1H3. The molecule has 0 saturated carbocycles. The summed E-state index contributed by atoms with van der Waals surface area (Å²) in [4.78, 5) is 0. The van der Waals surface area contributed by atoms with Crippen molar-refractivity contribution in [1.82, 2.24) is 0 Å². The molecule has 20 heavy (non-hydrogen) atoms. The molecule has 0 fully saturated rings. The van der Waals surface area contributed by atoms with Crippen LogP contribution in [-0.2, 0) is 12.8 Å². The zero-order valence-electron chi connectivity index (χ0n) is 13.0. The third-order valence-electron chi connectivity index (χ3n) is 4.59. The fourth-order valence-corrected chi connectivity index (χ4v) is 3.26. The summed E-state index contributed by atoms with van der Waals surface area (Å²) < 4.78 is 0. The van der Waals surface area contributed by atoms with Crippen molar-refractivity contribution in [2.45, 2.75) is 83.7 Å². The Labute approximate surface area is 124 Å². The molecule has 1 aromatic carbocycles. The van der Waals surface area contributed by atoms with Crippen LogP contribution in [0.25, 0.3) is 0 Å². The van der Waals surface area contributed by atoms with Crippen LogP contribution in [-0.4, -0.2) is 5.11 Å². The van der Waals surface area contributed by atoms with E-state index in [0.29, 0.717) is 0 Å². The number of rotatable bonds is 9. The summed E-state index contributed by atoms with van der Waals surface area (Å²) in [5.74, 6) is 0. The lowest BCUT2D eigenvalue weighted by Gasteiger charge is -2.12. The summed E-state index contributed by atoms with van der Waals surface area (Å²) in [5, 5.41) is 10.3. The van der Waals surface area contributed by atoms with Gasteiger partial charge in [0.25, 0.3) is 0 Å². The number of fused-ring (bicyclic) bond motifs is 1. The smallest absolute Gasteiger partial charge is 0.0790 e. The maximum Gasteiger partial charge on any atom is 0.0790 e. The number of aryl methyl sites for hydroxylation is 2. The van der Waals surface area contributed by atoms with Crippen LogP contribution in [0.3, 0.4) is 0 Å². The molecule has 2 rings (SSSR count). The first-order chi connectivity index (χ1) is 9.81. The Balaban J connectivity index is 1.66. The number of benzene rings is 1. The SMILES string of the molecule is CCCCCCCCCC(O)c1ccc2c(c1)CCC2. The number of hydrogen-bond acceptors (Lipinski definition) is 1. The summed E-state index contributed by atoms with van der Waals surface area (Å²) >= 11 is 0. The van der Waals surface area contributed by atoms with Gasteiger partial charge in [0.1, 0.15) is 0 Å². The molecule has 0 amide bonds. The van der Waals surface area contributed by atoms with Gasteiger partial charge in [0.2, 0.25) is 0 Å². The van der Waals surface area contributed by atoms with E-state index in [4.69, 9.17) is 0 Å². The molecule has 1 atom stereocenters. The molecular formula is C19H30O. The Morgan fingerprint density at radius 2 is 1.65 bits per heavy atom. The van der Waals surface area contributed by atoms with Gasteiger partial charge in [-0.2, -0.15) is 0 Å². The third-order valence-corrected chi connectivity index (χ3v) is 4.59. The number of unbranched alkanes of at least 4 members (excludes halogenated alkanes) is 6. The van der Waals surface area contributed by atoms with Crippen molar-refractivity contribution in [3.63, 3.8) is 0 Å². The van der Waals surface area contributed by atoms with Crippen molar-refractivity contribution in [1.29, 1.82) is 0 Å². The summed E-state index contributed by atoms with van der Waals surface area (Å²) in [7, 11) is 0. The first kappa shape index (κ1) is 15.6. The predicted molar refractivity (Wildman–Crippen MR) is 86.0 cm³/mol. The minimum absolute atomic E-state index is 0.253. The quantitative estimate of drug-likeness (QED) is 0.602. The highest BCUT2D eigenvalue weighted by molar-refractivity contribution is 5.36. The minimum Gasteiger partial charge on any atom is -0.388 e. The van der Waals surface area contributed by atoms with Gasteiger partial charge >= 0.3 is 0 Å². The topological polar surface area (TPSA) is 20.2 Å². The van der Waals surface area contributed by atoms with E-state index < -0.39 is 0 Å². The largest absolute Gasteiger partial charge is 0.388 e. The molecule has 112 valence electrons. The van der Waals surface area contributed by atoms with Crippen molar-refractivity contribution in [2.24, 2.45) is 0 Å². The van der Waals surface area contributed by atoms with Crippen LogP contribution in [0, 0.1) is 0 Å². The van der Waals surface area contributed by atoms with Crippen molar-refractivity contribution in [3.05, 3.63) is 34.9 Å². The molecule has 0 saturated heterocycles. The van der Waals surface area contributed by atoms with E-state index in [1.54, 1.807) is 0 Å². The molecule has 1 aromatic rings. The zero-order chi connectivity index (χ0) is 14.2. The predicted octanol–water partition coefficient (Wildman–Crippen LogP) is 5.35. The van der Waals surface area contributed by atoms with E-state index in [2.05, 4.69) is 25.1 Å². The van der Waals surface area contributed by atoms with Gasteiger partial charge in [-0.3, -0.25) is 0 Å². The van der Waals surface area contributed by atoms with Gasteiger partial charge in [0, 0.05) is 0 Å². The molecule has 0 aliphatic heterocycles. The molecule has 0 spiro atoms. The molecule has 1 aliphatic rings. The van der Waals surface area contributed by atoms with Crippen LogP contribution in [0.15, 0.2) is 18.2 Å². The van der Waals surface area contributed by atoms with E-state index >= 15 is 0 Å². The first-order valence-electron chi connectivity index (χ1n) is 8.61. The van der Waals surface area contributed by atoms with Gasteiger partial charge < -0.3 is 5.11 Å². The van der Waals surface area contributed by atoms with Crippen molar-refractivity contribution in [3.8, 4) is 0 Å². The Morgan fingerprint density at radius 3 is 2.45 bits per heavy atom. The second-order valence-electron chi connectivity index (χ2n) is 6.31. The Bertz CT molecular complexity index is 397. The number of aliphatic hydroxyl groups excluding tert-OH is 1. The van der Waals surface area contributed by atoms with Gasteiger partial charge in [0.15, 0.2) is 0 Å². The van der Waals surface area contributed by atoms with Gasteiger partial charge in [-0.15, -0.1) is 0 Å². The van der Waals surface area contributed by atoms with E-state index in [9.17, 15) is 5.11 Å². The summed E-state index contributed by atoms with van der Waals surface area (Å²) in [5.41, 5.74) is 4.11. The average Bonchev–Trinajstić information content (AvgIpc) is 2.93. The second kappa shape index (κ2) is 8.46. The lowest BCUT2D eigenvalue weighted by atomic mass is 9.98. The van der Waals surface area contributed by atoms with Crippen LogP contribution < -0.4 is 0 Å². The van der Waals surface area contributed by atoms with Gasteiger partial charge in [-0.05, 0) is 42.4 Å². The Hall–Kier alpha value is -0.820. The molecular weight excluding hydrogens is 244 g/mol. The Kier molecular flexibility index (Phi) is 6.59. The summed E-state index contributed by atoms with van der Waals surface area (Å²) in [6.07, 6.45) is 13.6. The molecule has 1 N–H and O–H groups in total. The molecule has 1 nitrogen and oxygen atoms in total. The molecule has 1 aliphatic carbocycles. The van der Waals surface area contributed by atoms with E-state index in [1.165, 1.54) is 68.9 Å². The molecule has 0 radical (unpaired) electrons. The molecule has 1 heteroatoms. The van der Waals surface area contributed by atoms with Crippen molar-refractivity contribution in [2.75, 3.05) is 0 Å². The molecule has 0 bridgehead atoms. The van der Waals surface area contributed by atoms with E-state index in [-0.39, 0.29) is 6.10 Å². The van der Waals surface area contributed by atoms with Crippen LogP contribution in [0.1, 0.15) is 87.5 Å². The van der Waals surface area contributed by atoms with Crippen LogP contribution in [0.2, 0.25) is 0 Å². The van der Waals surface area contributed by atoms with Crippen LogP contribution in [0.5, 0.6) is 0 Å². The lowest BCUT2D eigenvalue weighted by Crippen LogP contribution is -1.99. The van der Waals surface area contributed by atoms with Gasteiger partial charge in [-0.1, -0.05) is 70.1 Å². The molecule has 1 unspecified atom stereocenters. The van der Waals surface area contributed by atoms with Crippen LogP contribution in [0.4, 0.5) is 0 Å². The van der Waals surface area contributed by atoms with Crippen LogP contribution >= 0.6 is 0 Å².